The van der Waals surface area contributed by atoms with Gasteiger partial charge in [0.25, 0.3) is 23.6 Å². The molecule has 0 atom stereocenters. The fourth-order valence-electron chi connectivity index (χ4n) is 15.4. The van der Waals surface area contributed by atoms with E-state index in [1.807, 2.05) is 267 Å². The summed E-state index contributed by atoms with van der Waals surface area (Å²) in [6.45, 7) is 10.4. The Morgan fingerprint density at radius 1 is 0.216 bits per heavy atom. The van der Waals surface area contributed by atoms with Crippen LogP contribution in [0.2, 0.25) is 0 Å². The molecule has 0 saturated heterocycles. The van der Waals surface area contributed by atoms with Gasteiger partial charge in [-0.15, -0.1) is 0 Å². The molecule has 8 nitrogen and oxygen atoms in total. The van der Waals surface area contributed by atoms with Crippen molar-refractivity contribution in [3.63, 3.8) is 0 Å². The molecule has 0 bridgehead atoms. The zero-order valence-corrected chi connectivity index (χ0v) is 65.1. The van der Waals surface area contributed by atoms with Gasteiger partial charge in [-0.1, -0.05) is 328 Å². The molecule has 0 saturated carbocycles. The van der Waals surface area contributed by atoms with Crippen LogP contribution in [-0.2, 0) is 0 Å². The molecule has 0 aliphatic carbocycles. The SMILES string of the molecule is Cc1c(C)c(F)c2c(c1C)C(=O)N(c1c(-c3ccccc3)cc(-c3ccccc3)cc1-c1ccccc1)C2=O.Cc1c(C)c(F)c2c(c1C)C(=O)N(c1cc(-c3ccccc3)ccc1-c1ccccc1)C2=O.Nc1c(-c2ccccc2)cc(-c2ccccc2)cc1-c1ccccc1.Nc1cc(-c2ccccc2)ccc1-c1ccccc1. The van der Waals surface area contributed by atoms with Gasteiger partial charge in [-0.3, -0.25) is 19.2 Å². The number of nitrogens with zero attached hydrogens (tertiary/aromatic N) is 2. The van der Waals surface area contributed by atoms with E-state index in [9.17, 15) is 19.2 Å². The second kappa shape index (κ2) is 33.7. The van der Waals surface area contributed by atoms with Crippen LogP contribution >= 0.6 is 0 Å². The van der Waals surface area contributed by atoms with Crippen molar-refractivity contribution in [2.24, 2.45) is 0 Å². The largest absolute Gasteiger partial charge is 0.398 e. The molecule has 4 N–H and O–H groups in total. The van der Waals surface area contributed by atoms with E-state index in [0.717, 1.165) is 111 Å². The van der Waals surface area contributed by atoms with E-state index in [0.29, 0.717) is 44.8 Å². The average molecular weight is 1510 g/mol. The molecule has 564 valence electrons. The van der Waals surface area contributed by atoms with Gasteiger partial charge in [-0.05, 0) is 189 Å². The molecule has 2 heterocycles. The molecule has 0 aromatic heterocycles. The number of amides is 4. The van der Waals surface area contributed by atoms with Gasteiger partial charge in [-0.2, -0.15) is 0 Å². The van der Waals surface area contributed by atoms with Crippen molar-refractivity contribution in [1.29, 1.82) is 0 Å². The standard InChI is InChI=1S/C35H26FNO2.C29H22FNO2.C24H19N.C18H15N/c1-21-22(2)30-31(32(36)23(21)3)35(39)37(34(30)38)33-28(25-15-9-5-10-16-25)19-27(24-13-7-4-8-14-24)20-29(33)26-17-11-6-12-18-26;1-17-18(2)25-26(27(30)19(17)3)29(33)31(28(25)32)24-16-22(20-10-6-4-7-11-20)14-15-23(24)21-12-8-5-9-13-21;25-24-22(19-12-6-2-7-13-19)16-21(18-10-4-1-5-11-18)17-23(24)20-14-8-3-9-15-20;19-18-13-16(14-7-3-1-4-8-14)11-12-17(18)15-9-5-2-6-10-15/h4-20H,1-3H3;4-16H,1-3H3;1-17H,25H2;1-13H,19H2. The first-order valence-electron chi connectivity index (χ1n) is 38.5. The van der Waals surface area contributed by atoms with E-state index in [-0.39, 0.29) is 22.3 Å². The van der Waals surface area contributed by atoms with Gasteiger partial charge >= 0.3 is 0 Å². The van der Waals surface area contributed by atoms with Gasteiger partial charge in [0.1, 0.15) is 11.6 Å². The summed E-state index contributed by atoms with van der Waals surface area (Å²) in [5.41, 5.74) is 38.6. The van der Waals surface area contributed by atoms with Gasteiger partial charge in [0.05, 0.1) is 33.6 Å². The molecule has 10 heteroatoms. The van der Waals surface area contributed by atoms with Crippen LogP contribution in [-0.4, -0.2) is 23.6 Å². The number of fused-ring (bicyclic) bond motifs is 2. The van der Waals surface area contributed by atoms with Gasteiger partial charge in [0.15, 0.2) is 0 Å². The van der Waals surface area contributed by atoms with Crippen molar-refractivity contribution in [2.45, 2.75) is 41.5 Å². The van der Waals surface area contributed by atoms with Gasteiger partial charge in [-0.25, -0.2) is 18.6 Å². The predicted octanol–water partition coefficient (Wildman–Crippen LogP) is 26.3. The monoisotopic (exact) mass is 1510 g/mol. The molecule has 4 amide bonds. The second-order valence-corrected chi connectivity index (χ2v) is 28.9. The molecule has 2 aliphatic heterocycles. The lowest BCUT2D eigenvalue weighted by molar-refractivity contribution is 0.0909. The second-order valence-electron chi connectivity index (χ2n) is 28.9. The number of nitrogens with two attached hydrogens (primary N) is 2. The highest BCUT2D eigenvalue weighted by atomic mass is 19.1. The molecule has 0 unspecified atom stereocenters. The van der Waals surface area contributed by atoms with Crippen LogP contribution in [0.1, 0.15) is 74.8 Å². The Hall–Kier alpha value is -14.7. The summed E-state index contributed by atoms with van der Waals surface area (Å²) in [5.74, 6) is -3.50. The summed E-state index contributed by atoms with van der Waals surface area (Å²) in [7, 11) is 0. The predicted molar refractivity (Wildman–Crippen MR) is 472 cm³/mol. The Morgan fingerprint density at radius 2 is 0.466 bits per heavy atom. The van der Waals surface area contributed by atoms with Gasteiger partial charge in [0, 0.05) is 44.8 Å². The van der Waals surface area contributed by atoms with Crippen LogP contribution in [0.15, 0.2) is 364 Å². The van der Waals surface area contributed by atoms with E-state index in [2.05, 4.69) is 97.1 Å². The molecular weight excluding hydrogens is 1430 g/mol. The zero-order chi connectivity index (χ0) is 80.7. The summed E-state index contributed by atoms with van der Waals surface area (Å²) in [6, 6.07) is 121. The highest BCUT2D eigenvalue weighted by Crippen LogP contribution is 2.49. The molecular formula is C106H82F2N4O4. The summed E-state index contributed by atoms with van der Waals surface area (Å²) in [4.78, 5) is 57.6. The van der Waals surface area contributed by atoms with E-state index >= 15 is 8.78 Å². The number of nitrogen functional groups attached to an aromatic ring is 2. The van der Waals surface area contributed by atoms with E-state index in [4.69, 9.17) is 11.5 Å². The van der Waals surface area contributed by atoms with Crippen LogP contribution in [0, 0.1) is 53.2 Å². The third kappa shape index (κ3) is 15.2. The Balaban J connectivity index is 0.000000125. The number of benzene rings is 16. The number of carbonyl (C=O) groups is 4. The normalized spacial score (nSPS) is 11.9. The average Bonchev–Trinajstić information content (AvgIpc) is 1.56. The summed E-state index contributed by atoms with van der Waals surface area (Å²) in [6.07, 6.45) is 0. The minimum Gasteiger partial charge on any atom is -0.398 e. The first-order valence-corrected chi connectivity index (χ1v) is 38.5. The lowest BCUT2D eigenvalue weighted by Crippen LogP contribution is -2.31. The minimum atomic E-state index is -0.638. The maximum atomic E-state index is 15.6. The molecule has 2 aliphatic rings. The fraction of sp³-hybridized carbons (Fsp3) is 0.0566. The molecule has 0 spiro atoms. The summed E-state index contributed by atoms with van der Waals surface area (Å²) < 4.78 is 30.8. The van der Waals surface area contributed by atoms with Crippen molar-refractivity contribution in [3.8, 4) is 111 Å². The van der Waals surface area contributed by atoms with Crippen molar-refractivity contribution >= 4 is 46.4 Å². The maximum Gasteiger partial charge on any atom is 0.269 e. The molecule has 16 aromatic rings. The molecule has 16 aromatic carbocycles. The zero-order valence-electron chi connectivity index (χ0n) is 65.1. The number of rotatable bonds is 12. The van der Waals surface area contributed by atoms with Crippen LogP contribution in [0.4, 0.5) is 31.5 Å². The number of imide groups is 2. The first-order chi connectivity index (χ1) is 56.4. The van der Waals surface area contributed by atoms with E-state index in [1.165, 1.54) is 21.6 Å². The van der Waals surface area contributed by atoms with E-state index in [1.54, 1.807) is 41.5 Å². The maximum absolute atomic E-state index is 15.6. The van der Waals surface area contributed by atoms with Crippen LogP contribution in [0.3, 0.4) is 0 Å². The highest BCUT2D eigenvalue weighted by molar-refractivity contribution is 6.38. The minimum absolute atomic E-state index is 0.135. The Labute approximate surface area is 675 Å². The van der Waals surface area contributed by atoms with Crippen molar-refractivity contribution in [3.05, 3.63) is 431 Å². The van der Waals surface area contributed by atoms with Gasteiger partial charge < -0.3 is 11.5 Å². The first kappa shape index (κ1) is 76.6. The number of halogens is 2. The Morgan fingerprint density at radius 3 is 0.802 bits per heavy atom. The van der Waals surface area contributed by atoms with Gasteiger partial charge in [0.2, 0.25) is 0 Å². The molecule has 116 heavy (non-hydrogen) atoms. The summed E-state index contributed by atoms with van der Waals surface area (Å²) >= 11 is 0. The molecule has 18 rings (SSSR count). The lowest BCUT2D eigenvalue weighted by atomic mass is 9.90. The van der Waals surface area contributed by atoms with Crippen molar-refractivity contribution < 1.29 is 28.0 Å². The topological polar surface area (TPSA) is 127 Å². The smallest absolute Gasteiger partial charge is 0.269 e. The third-order valence-electron chi connectivity index (χ3n) is 22.0. The van der Waals surface area contributed by atoms with Crippen LogP contribution in [0.25, 0.3) is 111 Å². The van der Waals surface area contributed by atoms with Crippen LogP contribution < -0.4 is 21.3 Å². The Bertz CT molecular complexity index is 6140. The number of hydrogen-bond donors (Lipinski definition) is 2. The number of carbonyl (C=O) groups excluding carboxylic acids is 4. The van der Waals surface area contributed by atoms with Crippen molar-refractivity contribution in [1.82, 2.24) is 0 Å². The Kier molecular flexibility index (Phi) is 22.2. The van der Waals surface area contributed by atoms with Crippen molar-refractivity contribution in [2.75, 3.05) is 21.3 Å². The van der Waals surface area contributed by atoms with E-state index < -0.39 is 35.3 Å². The quantitative estimate of drug-likeness (QED) is 0.0927. The fourth-order valence-corrected chi connectivity index (χ4v) is 15.4. The third-order valence-corrected chi connectivity index (χ3v) is 22.0. The lowest BCUT2D eigenvalue weighted by Gasteiger charge is -2.24. The number of hydrogen-bond acceptors (Lipinski definition) is 6. The molecule has 0 radical (unpaired) electrons. The highest BCUT2D eigenvalue weighted by Gasteiger charge is 2.45. The number of anilines is 4. The van der Waals surface area contributed by atoms with Crippen LogP contribution in [0.5, 0.6) is 0 Å². The summed E-state index contributed by atoms with van der Waals surface area (Å²) in [5, 5.41) is 0. The molecule has 0 fully saturated rings.